The van der Waals surface area contributed by atoms with Crippen molar-refractivity contribution in [3.8, 4) is 0 Å². The van der Waals surface area contributed by atoms with Gasteiger partial charge in [0.2, 0.25) is 15.7 Å². The molecule has 4 rings (SSSR count). The maximum absolute atomic E-state index is 13.0. The molecule has 1 unspecified atom stereocenters. The van der Waals surface area contributed by atoms with Crippen LogP contribution in [0.5, 0.6) is 0 Å². The molecule has 152 valence electrons. The fourth-order valence-corrected chi connectivity index (χ4v) is 4.92. The molecular formula is C23H21N3O3S. The highest BCUT2D eigenvalue weighted by Gasteiger charge is 2.20. The van der Waals surface area contributed by atoms with Crippen molar-refractivity contribution in [2.75, 3.05) is 0 Å². The lowest BCUT2D eigenvalue weighted by molar-refractivity contribution is -0.121. The highest BCUT2D eigenvalue weighted by molar-refractivity contribution is 7.91. The largest absolute Gasteiger partial charge is 0.350 e. The van der Waals surface area contributed by atoms with Crippen molar-refractivity contribution in [2.24, 2.45) is 4.99 Å². The van der Waals surface area contributed by atoms with Gasteiger partial charge in [0, 0.05) is 24.2 Å². The summed E-state index contributed by atoms with van der Waals surface area (Å²) >= 11 is 0. The zero-order chi connectivity index (χ0) is 21.3. The predicted molar refractivity (Wildman–Crippen MR) is 113 cm³/mol. The van der Waals surface area contributed by atoms with E-state index in [1.165, 1.54) is 0 Å². The monoisotopic (exact) mass is 419 g/mol. The molecule has 0 aliphatic carbocycles. The molecule has 6 nitrogen and oxygen atoms in total. The van der Waals surface area contributed by atoms with Crippen LogP contribution in [0.2, 0.25) is 0 Å². The van der Waals surface area contributed by atoms with Gasteiger partial charge in [0.15, 0.2) is 0 Å². The lowest BCUT2D eigenvalue weighted by atomic mass is 10.2. The number of aryl methyl sites for hydroxylation is 2. The van der Waals surface area contributed by atoms with Gasteiger partial charge >= 0.3 is 0 Å². The molecular weight excluding hydrogens is 398 g/mol. The number of carbonyl (C=O) groups is 1. The van der Waals surface area contributed by atoms with Crippen molar-refractivity contribution in [1.82, 2.24) is 10.3 Å². The first-order chi connectivity index (χ1) is 14.3. The number of sulfone groups is 1. The molecule has 0 fully saturated rings. The fourth-order valence-electron chi connectivity index (χ4n) is 3.34. The highest BCUT2D eigenvalue weighted by atomic mass is 32.2. The Kier molecular flexibility index (Phi) is 5.22. The molecule has 1 atom stereocenters. The first-order valence-corrected chi connectivity index (χ1v) is 11.0. The minimum atomic E-state index is -3.60. The van der Waals surface area contributed by atoms with Gasteiger partial charge in [0.25, 0.3) is 0 Å². The Morgan fingerprint density at radius 1 is 1.07 bits per heavy atom. The van der Waals surface area contributed by atoms with E-state index in [1.54, 1.807) is 61.8 Å². The van der Waals surface area contributed by atoms with Gasteiger partial charge in [0.1, 0.15) is 6.04 Å². The summed E-state index contributed by atoms with van der Waals surface area (Å²) in [5.41, 5.74) is 2.41. The van der Waals surface area contributed by atoms with Crippen molar-refractivity contribution in [3.05, 3.63) is 88.2 Å². The zero-order valence-electron chi connectivity index (χ0n) is 16.7. The number of amides is 1. The number of aromatic nitrogens is 1. The standard InChI is InChI=1S/C23H21N3O3S/c1-15-3-4-16(2)22(11-15)30(28,29)19-7-5-17(6-8-19)13-25-23(27)21-12-18-14-24-10-9-20(18)26-21/h3-12,14,21H,13H2,1-2H3,(H,25,27). The van der Waals surface area contributed by atoms with Gasteiger partial charge in [-0.1, -0.05) is 24.3 Å². The molecule has 1 amide bonds. The summed E-state index contributed by atoms with van der Waals surface area (Å²) in [4.78, 5) is 21.4. The van der Waals surface area contributed by atoms with E-state index in [0.717, 1.165) is 21.7 Å². The number of fused-ring (bicyclic) bond motifs is 1. The average Bonchev–Trinajstić information content (AvgIpc) is 3.18. The van der Waals surface area contributed by atoms with Crippen molar-refractivity contribution in [2.45, 2.75) is 36.2 Å². The molecule has 1 aromatic heterocycles. The molecule has 3 aromatic rings. The topological polar surface area (TPSA) is 88.5 Å². The fraction of sp³-hybridized carbons (Fsp3) is 0.174. The van der Waals surface area contributed by atoms with E-state index in [1.807, 2.05) is 19.1 Å². The molecule has 7 heteroatoms. The molecule has 0 bridgehead atoms. The maximum atomic E-state index is 13.0. The maximum Gasteiger partial charge on any atom is 0.249 e. The number of rotatable bonds is 5. The highest BCUT2D eigenvalue weighted by Crippen LogP contribution is 2.25. The molecule has 30 heavy (non-hydrogen) atoms. The van der Waals surface area contributed by atoms with Crippen LogP contribution in [0.4, 0.5) is 0 Å². The van der Waals surface area contributed by atoms with E-state index in [-0.39, 0.29) is 17.3 Å². The average molecular weight is 420 g/mol. The van der Waals surface area contributed by atoms with E-state index in [9.17, 15) is 13.2 Å². The van der Waals surface area contributed by atoms with Gasteiger partial charge in [-0.2, -0.15) is 0 Å². The van der Waals surface area contributed by atoms with Crippen LogP contribution in [0.1, 0.15) is 16.7 Å². The normalized spacial score (nSPS) is 15.1. The Morgan fingerprint density at radius 3 is 2.57 bits per heavy atom. The molecule has 0 saturated heterocycles. The predicted octanol–water partition coefficient (Wildman–Crippen LogP) is 1.63. The summed E-state index contributed by atoms with van der Waals surface area (Å²) in [7, 11) is -3.60. The number of hydrogen-bond acceptors (Lipinski definition) is 5. The first-order valence-electron chi connectivity index (χ1n) is 9.53. The zero-order valence-corrected chi connectivity index (χ0v) is 17.5. The lowest BCUT2D eigenvalue weighted by Gasteiger charge is -2.11. The summed E-state index contributed by atoms with van der Waals surface area (Å²) in [5.74, 6) is -0.210. The van der Waals surface area contributed by atoms with Gasteiger partial charge < -0.3 is 5.32 Å². The Bertz CT molecular complexity index is 1310. The summed E-state index contributed by atoms with van der Waals surface area (Å²) in [6, 6.07) is 13.2. The van der Waals surface area contributed by atoms with Crippen LogP contribution in [-0.2, 0) is 21.2 Å². The van der Waals surface area contributed by atoms with Crippen LogP contribution in [0.15, 0.2) is 75.7 Å². The Balaban J connectivity index is 1.46. The Morgan fingerprint density at radius 2 is 1.83 bits per heavy atom. The van der Waals surface area contributed by atoms with Crippen LogP contribution < -0.4 is 15.9 Å². The number of nitrogens with zero attached hydrogens (tertiary/aromatic N) is 2. The molecule has 1 aliphatic heterocycles. The van der Waals surface area contributed by atoms with E-state index >= 15 is 0 Å². The smallest absolute Gasteiger partial charge is 0.249 e. The van der Waals surface area contributed by atoms with E-state index in [2.05, 4.69) is 15.3 Å². The van der Waals surface area contributed by atoms with Crippen LogP contribution in [0.3, 0.4) is 0 Å². The van der Waals surface area contributed by atoms with Crippen molar-refractivity contribution in [1.29, 1.82) is 0 Å². The van der Waals surface area contributed by atoms with Gasteiger partial charge in [-0.25, -0.2) is 8.42 Å². The third-order valence-electron chi connectivity index (χ3n) is 5.05. The van der Waals surface area contributed by atoms with Crippen molar-refractivity contribution >= 4 is 21.8 Å². The van der Waals surface area contributed by atoms with Crippen molar-refractivity contribution in [3.63, 3.8) is 0 Å². The number of carbonyl (C=O) groups excluding carboxylic acids is 1. The summed E-state index contributed by atoms with van der Waals surface area (Å²) < 4.78 is 25.9. The van der Waals surface area contributed by atoms with Gasteiger partial charge in [0.05, 0.1) is 15.1 Å². The van der Waals surface area contributed by atoms with Gasteiger partial charge in [-0.3, -0.25) is 14.8 Å². The Labute approximate surface area is 174 Å². The number of hydrogen-bond donors (Lipinski definition) is 1. The second kappa shape index (κ2) is 7.84. The summed E-state index contributed by atoms with van der Waals surface area (Å²) in [5, 5.41) is 4.45. The van der Waals surface area contributed by atoms with E-state index < -0.39 is 15.9 Å². The molecule has 0 saturated carbocycles. The SMILES string of the molecule is Cc1ccc(C)c(S(=O)(=O)c2ccc(CNC(=O)C3C=c4cnccc4=N3)cc2)c1. The number of benzene rings is 2. The minimum Gasteiger partial charge on any atom is -0.350 e. The number of nitrogens with one attached hydrogen (secondary N) is 1. The third-order valence-corrected chi connectivity index (χ3v) is 6.96. The Hall–Kier alpha value is -3.32. The van der Waals surface area contributed by atoms with E-state index in [4.69, 9.17) is 0 Å². The molecule has 0 spiro atoms. The van der Waals surface area contributed by atoms with Crippen LogP contribution in [0, 0.1) is 13.8 Å². The van der Waals surface area contributed by atoms with Gasteiger partial charge in [-0.05, 0) is 60.9 Å². The van der Waals surface area contributed by atoms with Crippen LogP contribution in [-0.4, -0.2) is 25.4 Å². The van der Waals surface area contributed by atoms with E-state index in [0.29, 0.717) is 10.5 Å². The first kappa shape index (κ1) is 20.0. The minimum absolute atomic E-state index is 0.210. The summed E-state index contributed by atoms with van der Waals surface area (Å²) in [6.07, 6.45) is 5.10. The molecule has 1 N–H and O–H groups in total. The molecule has 1 aliphatic rings. The third kappa shape index (κ3) is 3.89. The second-order valence-electron chi connectivity index (χ2n) is 7.31. The lowest BCUT2D eigenvalue weighted by Crippen LogP contribution is -2.31. The van der Waals surface area contributed by atoms with Gasteiger partial charge in [-0.15, -0.1) is 0 Å². The number of pyridine rings is 1. The molecule has 2 heterocycles. The van der Waals surface area contributed by atoms with Crippen molar-refractivity contribution < 1.29 is 13.2 Å². The molecule has 2 aromatic carbocycles. The van der Waals surface area contributed by atoms with Crippen LogP contribution >= 0.6 is 0 Å². The quantitative estimate of drug-likeness (QED) is 0.681. The van der Waals surface area contributed by atoms with Crippen LogP contribution in [0.25, 0.3) is 6.08 Å². The second-order valence-corrected chi connectivity index (χ2v) is 9.23. The summed E-state index contributed by atoms with van der Waals surface area (Å²) in [6.45, 7) is 3.94. The molecule has 0 radical (unpaired) electrons.